The lowest BCUT2D eigenvalue weighted by Gasteiger charge is -2.18. The van der Waals surface area contributed by atoms with Gasteiger partial charge in [-0.15, -0.1) is 11.8 Å². The van der Waals surface area contributed by atoms with Crippen molar-refractivity contribution in [3.63, 3.8) is 0 Å². The largest absolute Gasteiger partial charge is 0.122 e. The lowest BCUT2D eigenvalue weighted by molar-refractivity contribution is 0.518. The summed E-state index contributed by atoms with van der Waals surface area (Å²) < 4.78 is 1.48. The molecule has 98 valence electrons. The van der Waals surface area contributed by atoms with E-state index in [9.17, 15) is 0 Å². The van der Waals surface area contributed by atoms with Gasteiger partial charge in [-0.25, -0.2) is 0 Å². The Kier molecular flexibility index (Phi) is 4.45. The second kappa shape index (κ2) is 5.56. The molecule has 0 nitrogen and oxygen atoms in total. The zero-order valence-corrected chi connectivity index (χ0v) is 14.1. The van der Waals surface area contributed by atoms with Crippen LogP contribution in [0.4, 0.5) is 0 Å². The van der Waals surface area contributed by atoms with Crippen LogP contribution >= 0.6 is 33.3 Å². The molecule has 1 aliphatic carbocycles. The highest BCUT2D eigenvalue weighted by Gasteiger charge is 2.25. The minimum absolute atomic E-state index is 0.244. The highest BCUT2D eigenvalue weighted by atomic mass is 33.1. The van der Waals surface area contributed by atoms with Gasteiger partial charge >= 0.3 is 0 Å². The van der Waals surface area contributed by atoms with Gasteiger partial charge in [-0.05, 0) is 45.6 Å². The van der Waals surface area contributed by atoms with E-state index in [1.54, 1.807) is 0 Å². The van der Waals surface area contributed by atoms with Crippen molar-refractivity contribution in [2.45, 2.75) is 34.1 Å². The standard InChI is InChI=1S/C15H20S3/c1-6-12-13(17-18-14(12)16-5)10-7-8-11(9-10)15(2,3)4/h7-9H,6H2,1-5H3/b13-10-. The highest BCUT2D eigenvalue weighted by molar-refractivity contribution is 8.82. The molecule has 2 rings (SSSR count). The normalized spacial score (nSPS) is 24.2. The maximum atomic E-state index is 2.36. The first-order valence-corrected chi connectivity index (χ1v) is 9.61. The fraction of sp³-hybridized carbons (Fsp3) is 0.467. The van der Waals surface area contributed by atoms with E-state index >= 15 is 0 Å². The molecule has 1 aliphatic heterocycles. The van der Waals surface area contributed by atoms with Gasteiger partial charge in [-0.3, -0.25) is 0 Å². The predicted molar refractivity (Wildman–Crippen MR) is 89.7 cm³/mol. The Labute approximate surface area is 123 Å². The van der Waals surface area contributed by atoms with Crippen molar-refractivity contribution in [3.05, 3.63) is 44.1 Å². The second-order valence-electron chi connectivity index (χ2n) is 5.46. The summed E-state index contributed by atoms with van der Waals surface area (Å²) in [7, 11) is 3.84. The van der Waals surface area contributed by atoms with Gasteiger partial charge in [0.05, 0.1) is 4.24 Å². The molecule has 0 radical (unpaired) electrons. The number of thioether (sulfide) groups is 1. The first kappa shape index (κ1) is 14.4. The van der Waals surface area contributed by atoms with E-state index in [1.165, 1.54) is 25.9 Å². The molecule has 0 aromatic carbocycles. The van der Waals surface area contributed by atoms with Crippen molar-refractivity contribution in [3.8, 4) is 0 Å². The molecule has 0 saturated heterocycles. The average Bonchev–Trinajstić information content (AvgIpc) is 2.93. The Morgan fingerprint density at radius 1 is 1.17 bits per heavy atom. The van der Waals surface area contributed by atoms with Crippen LogP contribution < -0.4 is 0 Å². The van der Waals surface area contributed by atoms with Crippen LogP contribution in [0, 0.1) is 5.41 Å². The molecule has 0 fully saturated rings. The molecule has 0 spiro atoms. The Hall–Kier alpha value is 0.01000. The van der Waals surface area contributed by atoms with Gasteiger partial charge in [0.15, 0.2) is 0 Å². The van der Waals surface area contributed by atoms with Gasteiger partial charge < -0.3 is 0 Å². The van der Waals surface area contributed by atoms with Crippen LogP contribution in [-0.4, -0.2) is 6.26 Å². The van der Waals surface area contributed by atoms with Crippen LogP contribution in [0.15, 0.2) is 44.1 Å². The van der Waals surface area contributed by atoms with E-state index in [4.69, 9.17) is 0 Å². The van der Waals surface area contributed by atoms with E-state index in [-0.39, 0.29) is 5.41 Å². The van der Waals surface area contributed by atoms with Crippen molar-refractivity contribution in [1.29, 1.82) is 0 Å². The van der Waals surface area contributed by atoms with Crippen molar-refractivity contribution in [2.75, 3.05) is 6.26 Å². The Bertz CT molecular complexity index is 470. The molecule has 3 heteroatoms. The van der Waals surface area contributed by atoms with Gasteiger partial charge in [0.1, 0.15) is 0 Å². The molecule has 0 amide bonds. The first-order valence-electron chi connectivity index (χ1n) is 6.24. The molecule has 0 bridgehead atoms. The van der Waals surface area contributed by atoms with E-state index in [0.717, 1.165) is 6.42 Å². The summed E-state index contributed by atoms with van der Waals surface area (Å²) in [5, 5.41) is 0. The zero-order valence-electron chi connectivity index (χ0n) is 11.7. The lowest BCUT2D eigenvalue weighted by Crippen LogP contribution is -2.05. The van der Waals surface area contributed by atoms with E-state index in [1.807, 2.05) is 33.3 Å². The minimum Gasteiger partial charge on any atom is -0.122 e. The van der Waals surface area contributed by atoms with E-state index in [2.05, 4.69) is 52.2 Å². The summed E-state index contributed by atoms with van der Waals surface area (Å²) in [6, 6.07) is 0. The quantitative estimate of drug-likeness (QED) is 0.560. The van der Waals surface area contributed by atoms with E-state index < -0.39 is 0 Å². The summed E-state index contributed by atoms with van der Waals surface area (Å²) >= 11 is 1.88. The summed E-state index contributed by atoms with van der Waals surface area (Å²) in [5.41, 5.74) is 4.61. The van der Waals surface area contributed by atoms with Gasteiger partial charge in [0, 0.05) is 4.91 Å². The van der Waals surface area contributed by atoms with Crippen LogP contribution in [0.2, 0.25) is 0 Å². The highest BCUT2D eigenvalue weighted by Crippen LogP contribution is 2.56. The molecule has 0 N–H and O–H groups in total. The first-order chi connectivity index (χ1) is 8.47. The predicted octanol–water partition coefficient (Wildman–Crippen LogP) is 6.16. The summed E-state index contributed by atoms with van der Waals surface area (Å²) in [4.78, 5) is 1.47. The lowest BCUT2D eigenvalue weighted by atomic mass is 9.87. The van der Waals surface area contributed by atoms with Crippen LogP contribution in [0.5, 0.6) is 0 Å². The Morgan fingerprint density at radius 2 is 1.89 bits per heavy atom. The monoisotopic (exact) mass is 296 g/mol. The van der Waals surface area contributed by atoms with Crippen LogP contribution in [0.1, 0.15) is 34.1 Å². The van der Waals surface area contributed by atoms with Crippen LogP contribution in [0.25, 0.3) is 0 Å². The summed E-state index contributed by atoms with van der Waals surface area (Å²) in [6.07, 6.45) is 10.2. The van der Waals surface area contributed by atoms with Crippen molar-refractivity contribution < 1.29 is 0 Å². The molecular weight excluding hydrogens is 276 g/mol. The molecular formula is C15H20S3. The van der Waals surface area contributed by atoms with E-state index in [0.29, 0.717) is 0 Å². The SMILES string of the molecule is CCC1=C(SC)SS/C1=C1/C=CC(C(C)(C)C)=C1. The third-order valence-corrected chi connectivity index (χ3v) is 7.21. The Morgan fingerprint density at radius 3 is 2.39 bits per heavy atom. The van der Waals surface area contributed by atoms with Crippen LogP contribution in [0.3, 0.4) is 0 Å². The molecule has 0 aromatic rings. The van der Waals surface area contributed by atoms with Gasteiger partial charge in [0.2, 0.25) is 0 Å². The molecule has 0 saturated carbocycles. The number of rotatable bonds is 2. The minimum atomic E-state index is 0.244. The summed E-state index contributed by atoms with van der Waals surface area (Å²) in [5.74, 6) is 0. The topological polar surface area (TPSA) is 0 Å². The van der Waals surface area contributed by atoms with Crippen molar-refractivity contribution >= 4 is 33.3 Å². The second-order valence-corrected chi connectivity index (χ2v) is 8.68. The molecule has 0 unspecified atom stereocenters. The third kappa shape index (κ3) is 2.78. The molecule has 0 aromatic heterocycles. The summed E-state index contributed by atoms with van der Waals surface area (Å²) in [6.45, 7) is 9.08. The number of allylic oxidation sites excluding steroid dienone is 6. The van der Waals surface area contributed by atoms with Crippen molar-refractivity contribution in [1.82, 2.24) is 0 Å². The average molecular weight is 297 g/mol. The maximum Gasteiger partial charge on any atom is 0.0555 e. The molecule has 2 aliphatic rings. The maximum absolute atomic E-state index is 2.36. The smallest absolute Gasteiger partial charge is 0.0555 e. The molecule has 0 atom stereocenters. The molecule has 1 heterocycles. The zero-order chi connectivity index (χ0) is 13.3. The number of hydrogen-bond donors (Lipinski definition) is 0. The fourth-order valence-electron chi connectivity index (χ4n) is 2.01. The Balaban J connectivity index is 2.39. The van der Waals surface area contributed by atoms with Gasteiger partial charge in [-0.2, -0.15) is 0 Å². The van der Waals surface area contributed by atoms with Gasteiger partial charge in [0.25, 0.3) is 0 Å². The fourth-order valence-corrected chi connectivity index (χ4v) is 6.27. The van der Waals surface area contributed by atoms with Crippen molar-refractivity contribution in [2.24, 2.45) is 5.41 Å². The van der Waals surface area contributed by atoms with Gasteiger partial charge in [-0.1, -0.05) is 56.7 Å². The molecule has 18 heavy (non-hydrogen) atoms. The van der Waals surface area contributed by atoms with Crippen LogP contribution in [-0.2, 0) is 0 Å². The number of hydrogen-bond acceptors (Lipinski definition) is 3. The third-order valence-electron chi connectivity index (χ3n) is 3.14.